The SMILES string of the molecule is C[C@@H](NC(=O)C(=O)NCCc1c[nH]c2ccccc12)[C@@H](c1cccs1)N1CCN(Cc2ccccc2)CC1. The molecule has 0 unspecified atom stereocenters. The predicted octanol–water partition coefficient (Wildman–Crippen LogP) is 3.95. The van der Waals surface area contributed by atoms with E-state index in [-0.39, 0.29) is 12.1 Å². The Morgan fingerprint density at radius 1 is 0.947 bits per heavy atom. The molecular weight excluding hydrogens is 494 g/mol. The molecule has 5 rings (SSSR count). The maximum atomic E-state index is 12.8. The van der Waals surface area contributed by atoms with Gasteiger partial charge in [0.1, 0.15) is 0 Å². The van der Waals surface area contributed by atoms with E-state index in [1.807, 2.05) is 43.5 Å². The van der Waals surface area contributed by atoms with E-state index in [1.165, 1.54) is 10.4 Å². The van der Waals surface area contributed by atoms with Gasteiger partial charge >= 0.3 is 11.8 Å². The molecule has 198 valence electrons. The van der Waals surface area contributed by atoms with Gasteiger partial charge in [-0.3, -0.25) is 19.4 Å². The molecule has 2 amide bonds. The van der Waals surface area contributed by atoms with Crippen molar-refractivity contribution in [2.24, 2.45) is 0 Å². The number of para-hydroxylation sites is 1. The number of amides is 2. The highest BCUT2D eigenvalue weighted by molar-refractivity contribution is 7.10. The summed E-state index contributed by atoms with van der Waals surface area (Å²) in [6, 6.07) is 22.6. The molecule has 0 saturated carbocycles. The average Bonchev–Trinajstić information content (AvgIpc) is 3.61. The van der Waals surface area contributed by atoms with Crippen LogP contribution >= 0.6 is 11.3 Å². The summed E-state index contributed by atoms with van der Waals surface area (Å²) in [5.41, 5.74) is 3.52. The quantitative estimate of drug-likeness (QED) is 0.287. The molecular formula is C30H35N5O2S. The summed E-state index contributed by atoms with van der Waals surface area (Å²) in [4.78, 5) is 34.8. The van der Waals surface area contributed by atoms with Crippen molar-refractivity contribution >= 4 is 34.1 Å². The van der Waals surface area contributed by atoms with Crippen molar-refractivity contribution in [1.29, 1.82) is 0 Å². The standard InChI is InChI=1S/C30H35N5O2S/c1-22(33-30(37)29(36)31-14-13-24-20-32-26-11-6-5-10-25(24)26)28(27-12-7-19-38-27)35-17-15-34(16-18-35)21-23-8-3-2-4-9-23/h2-12,19-20,22,28,32H,13-18,21H2,1H3,(H,31,36)(H,33,37)/t22-,28+/m1/s1. The van der Waals surface area contributed by atoms with Gasteiger partial charge in [-0.15, -0.1) is 11.3 Å². The van der Waals surface area contributed by atoms with Crippen molar-refractivity contribution in [3.05, 3.63) is 94.3 Å². The highest BCUT2D eigenvalue weighted by Crippen LogP contribution is 2.29. The van der Waals surface area contributed by atoms with Crippen molar-refractivity contribution in [2.45, 2.75) is 32.0 Å². The van der Waals surface area contributed by atoms with Crippen molar-refractivity contribution in [3.8, 4) is 0 Å². The molecule has 1 fully saturated rings. The molecule has 38 heavy (non-hydrogen) atoms. The minimum atomic E-state index is -0.589. The molecule has 2 atom stereocenters. The molecule has 0 bridgehead atoms. The highest BCUT2D eigenvalue weighted by atomic mass is 32.1. The van der Waals surface area contributed by atoms with E-state index in [2.05, 4.69) is 67.2 Å². The maximum absolute atomic E-state index is 12.8. The Bertz CT molecular complexity index is 1330. The maximum Gasteiger partial charge on any atom is 0.309 e. The van der Waals surface area contributed by atoms with Crippen LogP contribution in [0.4, 0.5) is 0 Å². The fourth-order valence-electron chi connectivity index (χ4n) is 5.32. The first-order valence-corrected chi connectivity index (χ1v) is 14.1. The minimum Gasteiger partial charge on any atom is -0.361 e. The van der Waals surface area contributed by atoms with Crippen LogP contribution in [0.25, 0.3) is 10.9 Å². The normalized spacial score (nSPS) is 16.2. The van der Waals surface area contributed by atoms with Gasteiger partial charge in [-0.25, -0.2) is 0 Å². The largest absolute Gasteiger partial charge is 0.361 e. The third-order valence-corrected chi connectivity index (χ3v) is 8.22. The molecule has 3 heterocycles. The summed E-state index contributed by atoms with van der Waals surface area (Å²) in [6.45, 7) is 7.10. The Hall–Kier alpha value is -3.46. The Labute approximate surface area is 227 Å². The summed E-state index contributed by atoms with van der Waals surface area (Å²) in [5, 5.41) is 8.98. The Balaban J connectivity index is 1.14. The van der Waals surface area contributed by atoms with Gasteiger partial charge in [0.05, 0.1) is 6.04 Å². The lowest BCUT2D eigenvalue weighted by Gasteiger charge is -2.41. The fraction of sp³-hybridized carbons (Fsp3) is 0.333. The zero-order valence-electron chi connectivity index (χ0n) is 21.7. The van der Waals surface area contributed by atoms with Crippen LogP contribution in [-0.4, -0.2) is 65.4 Å². The van der Waals surface area contributed by atoms with E-state index in [0.717, 1.165) is 49.2 Å². The smallest absolute Gasteiger partial charge is 0.309 e. The average molecular weight is 530 g/mol. The van der Waals surface area contributed by atoms with Crippen LogP contribution in [0.1, 0.15) is 29.0 Å². The lowest BCUT2D eigenvalue weighted by atomic mass is 10.0. The van der Waals surface area contributed by atoms with Crippen LogP contribution in [0.3, 0.4) is 0 Å². The van der Waals surface area contributed by atoms with Gasteiger partial charge in [0.2, 0.25) is 0 Å². The number of benzene rings is 2. The highest BCUT2D eigenvalue weighted by Gasteiger charge is 2.31. The van der Waals surface area contributed by atoms with Gasteiger partial charge in [0, 0.05) is 67.3 Å². The number of thiophene rings is 1. The molecule has 7 nitrogen and oxygen atoms in total. The molecule has 0 radical (unpaired) electrons. The molecule has 3 N–H and O–H groups in total. The third kappa shape index (κ3) is 6.32. The zero-order valence-corrected chi connectivity index (χ0v) is 22.5. The molecule has 1 aliphatic rings. The van der Waals surface area contributed by atoms with Crippen molar-refractivity contribution in [1.82, 2.24) is 25.4 Å². The van der Waals surface area contributed by atoms with Gasteiger partial charge in [-0.05, 0) is 42.0 Å². The second-order valence-corrected chi connectivity index (χ2v) is 10.9. The lowest BCUT2D eigenvalue weighted by Crippen LogP contribution is -2.53. The van der Waals surface area contributed by atoms with Gasteiger partial charge in [0.15, 0.2) is 0 Å². The van der Waals surface area contributed by atoms with Crippen molar-refractivity contribution in [3.63, 3.8) is 0 Å². The minimum absolute atomic E-state index is 0.0249. The topological polar surface area (TPSA) is 80.5 Å². The summed E-state index contributed by atoms with van der Waals surface area (Å²) < 4.78 is 0. The molecule has 2 aromatic carbocycles. The number of carbonyl (C=O) groups excluding carboxylic acids is 2. The van der Waals surface area contributed by atoms with E-state index in [1.54, 1.807) is 11.3 Å². The number of hydrogen-bond donors (Lipinski definition) is 3. The molecule has 8 heteroatoms. The number of fused-ring (bicyclic) bond motifs is 1. The fourth-order valence-corrected chi connectivity index (χ4v) is 6.29. The summed E-state index contributed by atoms with van der Waals surface area (Å²) in [7, 11) is 0. The van der Waals surface area contributed by atoms with Crippen LogP contribution in [0, 0.1) is 0 Å². The summed E-state index contributed by atoms with van der Waals surface area (Å²) in [5.74, 6) is -1.17. The van der Waals surface area contributed by atoms with Crippen LogP contribution in [0.2, 0.25) is 0 Å². The van der Waals surface area contributed by atoms with Crippen molar-refractivity contribution < 1.29 is 9.59 Å². The molecule has 0 aliphatic carbocycles. The number of H-pyrrole nitrogens is 1. The van der Waals surface area contributed by atoms with E-state index in [9.17, 15) is 9.59 Å². The third-order valence-electron chi connectivity index (χ3n) is 7.28. The van der Waals surface area contributed by atoms with Gasteiger partial charge in [-0.2, -0.15) is 0 Å². The second kappa shape index (κ2) is 12.4. The number of rotatable bonds is 9. The van der Waals surface area contributed by atoms with Crippen LogP contribution in [-0.2, 0) is 22.6 Å². The molecule has 1 aliphatic heterocycles. The van der Waals surface area contributed by atoms with Gasteiger partial charge in [-0.1, -0.05) is 54.6 Å². The van der Waals surface area contributed by atoms with Crippen LogP contribution in [0.15, 0.2) is 78.3 Å². The number of nitrogens with one attached hydrogen (secondary N) is 3. The number of aromatic amines is 1. The molecule has 2 aromatic heterocycles. The number of aromatic nitrogens is 1. The second-order valence-electron chi connectivity index (χ2n) is 9.89. The van der Waals surface area contributed by atoms with Gasteiger partial charge < -0.3 is 15.6 Å². The first kappa shape index (κ1) is 26.2. The van der Waals surface area contributed by atoms with Crippen LogP contribution < -0.4 is 10.6 Å². The van der Waals surface area contributed by atoms with E-state index in [4.69, 9.17) is 0 Å². The van der Waals surface area contributed by atoms with E-state index in [0.29, 0.717) is 13.0 Å². The van der Waals surface area contributed by atoms with Crippen molar-refractivity contribution in [2.75, 3.05) is 32.7 Å². The van der Waals surface area contributed by atoms with E-state index >= 15 is 0 Å². The Kier molecular flexibility index (Phi) is 8.53. The number of piperazine rings is 1. The molecule has 0 spiro atoms. The zero-order chi connectivity index (χ0) is 26.3. The Morgan fingerprint density at radius 2 is 1.71 bits per heavy atom. The summed E-state index contributed by atoms with van der Waals surface area (Å²) in [6.07, 6.45) is 2.62. The van der Waals surface area contributed by atoms with Gasteiger partial charge in [0.25, 0.3) is 0 Å². The molecule has 4 aromatic rings. The predicted molar refractivity (Wildman–Crippen MR) is 153 cm³/mol. The first-order chi connectivity index (χ1) is 18.6. The number of hydrogen-bond acceptors (Lipinski definition) is 5. The lowest BCUT2D eigenvalue weighted by molar-refractivity contribution is -0.139. The first-order valence-electron chi connectivity index (χ1n) is 13.3. The monoisotopic (exact) mass is 529 g/mol. The molecule has 1 saturated heterocycles. The Morgan fingerprint density at radius 3 is 2.47 bits per heavy atom. The summed E-state index contributed by atoms with van der Waals surface area (Å²) >= 11 is 1.70. The number of nitrogens with zero attached hydrogens (tertiary/aromatic N) is 2. The van der Waals surface area contributed by atoms with E-state index < -0.39 is 11.8 Å². The van der Waals surface area contributed by atoms with Crippen LogP contribution in [0.5, 0.6) is 0 Å². The number of carbonyl (C=O) groups is 2.